The highest BCUT2D eigenvalue weighted by atomic mass is 32.2. The van der Waals surface area contributed by atoms with Crippen LogP contribution in [0.5, 0.6) is 5.75 Å². The molecule has 166 valence electrons. The third-order valence-electron chi connectivity index (χ3n) is 4.51. The van der Waals surface area contributed by atoms with Gasteiger partial charge in [0.25, 0.3) is 5.91 Å². The van der Waals surface area contributed by atoms with Crippen molar-refractivity contribution in [2.24, 2.45) is 0 Å². The van der Waals surface area contributed by atoms with E-state index in [4.69, 9.17) is 4.74 Å². The lowest BCUT2D eigenvalue weighted by atomic mass is 10.2. The summed E-state index contributed by atoms with van der Waals surface area (Å²) in [5.41, 5.74) is 1.22. The van der Waals surface area contributed by atoms with Gasteiger partial charge >= 0.3 is 0 Å². The molecule has 0 fully saturated rings. The summed E-state index contributed by atoms with van der Waals surface area (Å²) in [6.45, 7) is 6.08. The largest absolute Gasteiger partial charge is 0.497 e. The molecule has 1 atom stereocenters. The molecule has 0 aliphatic carbocycles. The smallest absolute Gasteiger partial charge is 0.251 e. The average Bonchev–Trinajstić information content (AvgIpc) is 3.21. The highest BCUT2D eigenvalue weighted by molar-refractivity contribution is 7.99. The molecular weight excluding hydrogens is 426 g/mol. The highest BCUT2D eigenvalue weighted by Crippen LogP contribution is 2.22. The number of nitrogens with one attached hydrogen (secondary N) is 2. The van der Waals surface area contributed by atoms with Crippen LogP contribution in [-0.2, 0) is 11.3 Å². The maximum Gasteiger partial charge on any atom is 0.251 e. The predicted molar refractivity (Wildman–Crippen MR) is 125 cm³/mol. The first kappa shape index (κ1) is 23.1. The zero-order chi connectivity index (χ0) is 22.9. The Hall–Kier alpha value is -3.59. The van der Waals surface area contributed by atoms with Crippen LogP contribution in [0.1, 0.15) is 29.1 Å². The van der Waals surface area contributed by atoms with Gasteiger partial charge in [-0.2, -0.15) is 0 Å². The fourth-order valence-corrected chi connectivity index (χ4v) is 3.74. The standard InChI is InChI=1S/C23H25N5O3S/c1-4-13-28-21(16(2)24-22(30)17-9-6-5-7-10-17)26-27-23(28)32-15-20(29)25-18-11-8-12-19(14-18)31-3/h4-12,14,16H,1,13,15H2,2-3H3,(H,24,30)(H,25,29)/t16-/m1/s1. The number of hydrogen-bond acceptors (Lipinski definition) is 6. The Labute approximate surface area is 191 Å². The molecule has 2 amide bonds. The van der Waals surface area contributed by atoms with Crippen LogP contribution < -0.4 is 15.4 Å². The van der Waals surface area contributed by atoms with Crippen molar-refractivity contribution >= 4 is 29.3 Å². The van der Waals surface area contributed by atoms with Crippen LogP contribution in [0.2, 0.25) is 0 Å². The van der Waals surface area contributed by atoms with Crippen molar-refractivity contribution in [2.75, 3.05) is 18.2 Å². The van der Waals surface area contributed by atoms with Gasteiger partial charge in [-0.25, -0.2) is 0 Å². The van der Waals surface area contributed by atoms with Crippen LogP contribution in [0.4, 0.5) is 5.69 Å². The quantitative estimate of drug-likeness (QED) is 0.360. The molecule has 0 unspecified atom stereocenters. The van der Waals surface area contributed by atoms with Crippen LogP contribution in [0.25, 0.3) is 0 Å². The number of rotatable bonds is 10. The number of ether oxygens (including phenoxy) is 1. The molecule has 0 saturated heterocycles. The highest BCUT2D eigenvalue weighted by Gasteiger charge is 2.20. The second kappa shape index (κ2) is 11.1. The number of methoxy groups -OCH3 is 1. The molecule has 2 aromatic carbocycles. The van der Waals surface area contributed by atoms with Gasteiger partial charge in [0.1, 0.15) is 5.75 Å². The molecule has 3 aromatic rings. The molecule has 2 N–H and O–H groups in total. The lowest BCUT2D eigenvalue weighted by molar-refractivity contribution is -0.113. The van der Waals surface area contributed by atoms with E-state index in [0.717, 1.165) is 0 Å². The zero-order valence-corrected chi connectivity index (χ0v) is 18.8. The number of carbonyl (C=O) groups excluding carboxylic acids is 2. The molecular formula is C23H25N5O3S. The summed E-state index contributed by atoms with van der Waals surface area (Å²) < 4.78 is 7.01. The lowest BCUT2D eigenvalue weighted by Gasteiger charge is -2.15. The third kappa shape index (κ3) is 5.98. The number of nitrogens with zero attached hydrogens (tertiary/aromatic N) is 3. The summed E-state index contributed by atoms with van der Waals surface area (Å²) in [6.07, 6.45) is 1.72. The van der Waals surface area contributed by atoms with Crippen molar-refractivity contribution in [1.29, 1.82) is 0 Å². The Morgan fingerprint density at radius 2 is 1.97 bits per heavy atom. The molecule has 0 aliphatic rings. The van der Waals surface area contributed by atoms with Crippen LogP contribution in [0, 0.1) is 0 Å². The van der Waals surface area contributed by atoms with E-state index in [9.17, 15) is 9.59 Å². The monoisotopic (exact) mass is 451 g/mol. The molecule has 8 nitrogen and oxygen atoms in total. The topological polar surface area (TPSA) is 98.1 Å². The summed E-state index contributed by atoms with van der Waals surface area (Å²) in [4.78, 5) is 24.9. The Bertz CT molecular complexity index is 1080. The summed E-state index contributed by atoms with van der Waals surface area (Å²) in [6, 6.07) is 15.7. The van der Waals surface area contributed by atoms with Crippen molar-refractivity contribution in [2.45, 2.75) is 24.7 Å². The minimum absolute atomic E-state index is 0.150. The number of aromatic nitrogens is 3. The first-order valence-corrected chi connectivity index (χ1v) is 11.0. The second-order valence-electron chi connectivity index (χ2n) is 6.87. The summed E-state index contributed by atoms with van der Waals surface area (Å²) in [5.74, 6) is 1.03. The third-order valence-corrected chi connectivity index (χ3v) is 5.48. The number of benzene rings is 2. The van der Waals surface area contributed by atoms with Gasteiger partial charge in [0.05, 0.1) is 18.9 Å². The van der Waals surface area contributed by atoms with E-state index < -0.39 is 0 Å². The lowest BCUT2D eigenvalue weighted by Crippen LogP contribution is -2.28. The van der Waals surface area contributed by atoms with Crippen molar-refractivity contribution < 1.29 is 14.3 Å². The number of carbonyl (C=O) groups is 2. The van der Waals surface area contributed by atoms with E-state index in [0.29, 0.717) is 34.5 Å². The van der Waals surface area contributed by atoms with Gasteiger partial charge in [-0.1, -0.05) is 42.1 Å². The first-order valence-electron chi connectivity index (χ1n) is 9.98. The zero-order valence-electron chi connectivity index (χ0n) is 17.9. The van der Waals surface area contributed by atoms with Crippen molar-refractivity contribution in [1.82, 2.24) is 20.1 Å². The molecule has 0 bridgehead atoms. The molecule has 1 aromatic heterocycles. The van der Waals surface area contributed by atoms with E-state index in [2.05, 4.69) is 27.4 Å². The molecule has 0 aliphatic heterocycles. The van der Waals surface area contributed by atoms with Gasteiger partial charge in [-0.3, -0.25) is 9.59 Å². The summed E-state index contributed by atoms with van der Waals surface area (Å²) in [5, 5.41) is 14.8. The van der Waals surface area contributed by atoms with Gasteiger partial charge in [0.15, 0.2) is 11.0 Å². The maximum atomic E-state index is 12.5. The number of amides is 2. The van der Waals surface area contributed by atoms with Crippen LogP contribution in [0.15, 0.2) is 72.4 Å². The Morgan fingerprint density at radius 1 is 1.19 bits per heavy atom. The van der Waals surface area contributed by atoms with Crippen LogP contribution >= 0.6 is 11.8 Å². The Balaban J connectivity index is 1.65. The fraction of sp³-hybridized carbons (Fsp3) is 0.217. The Kier molecular flexibility index (Phi) is 8.04. The molecule has 32 heavy (non-hydrogen) atoms. The van der Waals surface area contributed by atoms with Crippen molar-refractivity contribution in [3.8, 4) is 5.75 Å². The van der Waals surface area contributed by atoms with E-state index in [1.54, 1.807) is 49.6 Å². The maximum absolute atomic E-state index is 12.5. The van der Waals surface area contributed by atoms with Crippen LogP contribution in [-0.4, -0.2) is 39.4 Å². The van der Waals surface area contributed by atoms with E-state index in [1.165, 1.54) is 11.8 Å². The SMILES string of the molecule is C=CCn1c(SCC(=O)Nc2cccc(OC)c2)nnc1[C@@H](C)NC(=O)c1ccccc1. The molecule has 0 radical (unpaired) electrons. The summed E-state index contributed by atoms with van der Waals surface area (Å²) >= 11 is 1.26. The predicted octanol–water partition coefficient (Wildman–Crippen LogP) is 3.69. The van der Waals surface area contributed by atoms with E-state index in [1.807, 2.05) is 29.7 Å². The number of thioether (sulfide) groups is 1. The Morgan fingerprint density at radius 3 is 2.69 bits per heavy atom. The molecule has 0 saturated carbocycles. The van der Waals surface area contributed by atoms with Gasteiger partial charge < -0.3 is 19.9 Å². The molecule has 9 heteroatoms. The first-order chi connectivity index (χ1) is 15.5. The van der Waals surface area contributed by atoms with Gasteiger partial charge in [-0.15, -0.1) is 16.8 Å². The van der Waals surface area contributed by atoms with Gasteiger partial charge in [0, 0.05) is 23.9 Å². The molecule has 3 rings (SSSR count). The second-order valence-corrected chi connectivity index (χ2v) is 7.81. The van der Waals surface area contributed by atoms with Gasteiger partial charge in [0.2, 0.25) is 5.91 Å². The number of anilines is 1. The van der Waals surface area contributed by atoms with Crippen LogP contribution in [0.3, 0.4) is 0 Å². The number of hydrogen-bond donors (Lipinski definition) is 2. The summed E-state index contributed by atoms with van der Waals surface area (Å²) in [7, 11) is 1.57. The number of allylic oxidation sites excluding steroid dienone is 1. The van der Waals surface area contributed by atoms with Crippen molar-refractivity contribution in [3.05, 3.63) is 78.6 Å². The van der Waals surface area contributed by atoms with E-state index in [-0.39, 0.29) is 23.6 Å². The normalized spacial score (nSPS) is 11.4. The fourth-order valence-electron chi connectivity index (χ4n) is 2.99. The minimum atomic E-state index is -0.380. The minimum Gasteiger partial charge on any atom is -0.497 e. The molecule has 0 spiro atoms. The van der Waals surface area contributed by atoms with Crippen molar-refractivity contribution in [3.63, 3.8) is 0 Å². The van der Waals surface area contributed by atoms with Gasteiger partial charge in [-0.05, 0) is 31.2 Å². The average molecular weight is 452 g/mol. The molecule has 1 heterocycles. The van der Waals surface area contributed by atoms with E-state index >= 15 is 0 Å².